The molecule has 0 aromatic heterocycles. The third-order valence-corrected chi connectivity index (χ3v) is 2.07. The summed E-state index contributed by atoms with van der Waals surface area (Å²) in [7, 11) is 0. The molecule has 0 saturated heterocycles. The van der Waals surface area contributed by atoms with Crippen LogP contribution in [0.25, 0.3) is 0 Å². The summed E-state index contributed by atoms with van der Waals surface area (Å²) in [5.41, 5.74) is 11.8. The zero-order valence-electron chi connectivity index (χ0n) is 9.40. The van der Waals surface area contributed by atoms with E-state index in [0.717, 1.165) is 5.57 Å². The molecule has 0 aliphatic rings. The molecular formula is C10H19N3O2. The van der Waals surface area contributed by atoms with Gasteiger partial charge in [0, 0.05) is 0 Å². The van der Waals surface area contributed by atoms with Gasteiger partial charge in [0.05, 0.1) is 11.9 Å². The van der Waals surface area contributed by atoms with Crippen molar-refractivity contribution in [2.24, 2.45) is 16.5 Å². The topological polar surface area (TPSA) is 102 Å². The molecule has 0 amide bonds. The van der Waals surface area contributed by atoms with Gasteiger partial charge < -0.3 is 16.6 Å². The second-order valence-corrected chi connectivity index (χ2v) is 3.58. The van der Waals surface area contributed by atoms with E-state index < -0.39 is 12.0 Å². The molecule has 0 aliphatic heterocycles. The summed E-state index contributed by atoms with van der Waals surface area (Å²) in [6, 6.07) is -0.883. The third kappa shape index (κ3) is 5.85. The molecule has 2 atom stereocenters. The molecule has 5 nitrogen and oxygen atoms in total. The van der Waals surface area contributed by atoms with E-state index in [-0.39, 0.29) is 6.04 Å². The number of nitrogens with two attached hydrogens (primary N) is 2. The Kier molecular flexibility index (Phi) is 5.62. The number of amidine groups is 1. The van der Waals surface area contributed by atoms with Crippen LogP contribution in [-0.4, -0.2) is 29.0 Å². The first-order valence-electron chi connectivity index (χ1n) is 4.79. The number of hydrogen-bond acceptors (Lipinski definition) is 3. The molecule has 1 unspecified atom stereocenters. The lowest BCUT2D eigenvalue weighted by atomic mass is 10.1. The van der Waals surface area contributed by atoms with Crippen LogP contribution in [0.1, 0.15) is 27.2 Å². The summed E-state index contributed by atoms with van der Waals surface area (Å²) in [6.07, 6.45) is 2.10. The van der Waals surface area contributed by atoms with Gasteiger partial charge in [0.15, 0.2) is 0 Å². The SMILES string of the molecule is CC(N)=NC(C)/C(C)=C\C[C@H](N)C(=O)O. The number of hydrogen-bond donors (Lipinski definition) is 3. The highest BCUT2D eigenvalue weighted by Crippen LogP contribution is 2.07. The maximum absolute atomic E-state index is 10.5. The van der Waals surface area contributed by atoms with Crippen molar-refractivity contribution in [3.8, 4) is 0 Å². The molecule has 86 valence electrons. The summed E-state index contributed by atoms with van der Waals surface area (Å²) in [6.45, 7) is 5.49. The monoisotopic (exact) mass is 213 g/mol. The van der Waals surface area contributed by atoms with Gasteiger partial charge in [0.1, 0.15) is 6.04 Å². The summed E-state index contributed by atoms with van der Waals surface area (Å²) < 4.78 is 0. The Labute approximate surface area is 89.9 Å². The van der Waals surface area contributed by atoms with E-state index in [2.05, 4.69) is 4.99 Å². The standard InChI is InChI=1S/C10H19N3O2/c1-6(7(2)13-8(3)11)4-5-9(12)10(14)15/h4,7,9H,5,12H2,1-3H3,(H2,11,13)(H,14,15)/b6-4-/t7?,9-/m0/s1. The van der Waals surface area contributed by atoms with Gasteiger partial charge in [-0.2, -0.15) is 0 Å². The Balaban J connectivity index is 4.32. The number of nitrogens with zero attached hydrogens (tertiary/aromatic N) is 1. The maximum atomic E-state index is 10.5. The van der Waals surface area contributed by atoms with Crippen LogP contribution in [0.4, 0.5) is 0 Å². The molecule has 0 heterocycles. The van der Waals surface area contributed by atoms with Gasteiger partial charge in [-0.25, -0.2) is 0 Å². The first-order chi connectivity index (χ1) is 6.84. The van der Waals surface area contributed by atoms with E-state index >= 15 is 0 Å². The van der Waals surface area contributed by atoms with Crippen LogP contribution in [-0.2, 0) is 4.79 Å². The highest BCUT2D eigenvalue weighted by molar-refractivity contribution is 5.77. The van der Waals surface area contributed by atoms with E-state index in [0.29, 0.717) is 12.3 Å². The highest BCUT2D eigenvalue weighted by atomic mass is 16.4. The number of carboxylic acids is 1. The lowest BCUT2D eigenvalue weighted by molar-refractivity contribution is -0.138. The quantitative estimate of drug-likeness (QED) is 0.351. The number of carbonyl (C=O) groups is 1. The van der Waals surface area contributed by atoms with Crippen molar-refractivity contribution in [1.29, 1.82) is 0 Å². The van der Waals surface area contributed by atoms with Crippen LogP contribution in [0, 0.1) is 0 Å². The molecule has 15 heavy (non-hydrogen) atoms. The molecule has 0 fully saturated rings. The second kappa shape index (κ2) is 6.19. The lowest BCUT2D eigenvalue weighted by Crippen LogP contribution is -2.29. The van der Waals surface area contributed by atoms with Gasteiger partial charge in [-0.3, -0.25) is 9.79 Å². The molecule has 5 N–H and O–H groups in total. The molecule has 0 aromatic rings. The Morgan fingerprint density at radius 3 is 2.47 bits per heavy atom. The fourth-order valence-corrected chi connectivity index (χ4v) is 0.992. The molecule has 0 rings (SSSR count). The van der Waals surface area contributed by atoms with Crippen molar-refractivity contribution >= 4 is 11.8 Å². The number of aliphatic imine (C=N–C) groups is 1. The van der Waals surface area contributed by atoms with Crippen molar-refractivity contribution in [3.05, 3.63) is 11.6 Å². The van der Waals surface area contributed by atoms with Crippen molar-refractivity contribution in [2.75, 3.05) is 0 Å². The van der Waals surface area contributed by atoms with Crippen LogP contribution in [0.3, 0.4) is 0 Å². The normalized spacial score (nSPS) is 17.3. The average molecular weight is 213 g/mol. The molecule has 0 spiro atoms. The number of rotatable bonds is 5. The average Bonchev–Trinajstić information content (AvgIpc) is 2.12. The Morgan fingerprint density at radius 2 is 2.07 bits per heavy atom. The minimum Gasteiger partial charge on any atom is -0.480 e. The largest absolute Gasteiger partial charge is 0.480 e. The lowest BCUT2D eigenvalue weighted by Gasteiger charge is -2.09. The minimum absolute atomic E-state index is 0.0315. The summed E-state index contributed by atoms with van der Waals surface area (Å²) in [4.78, 5) is 14.6. The zero-order chi connectivity index (χ0) is 12.0. The van der Waals surface area contributed by atoms with E-state index in [1.165, 1.54) is 0 Å². The first kappa shape index (κ1) is 13.6. The Morgan fingerprint density at radius 1 is 1.53 bits per heavy atom. The molecule has 0 aliphatic carbocycles. The van der Waals surface area contributed by atoms with Crippen molar-refractivity contribution < 1.29 is 9.90 Å². The van der Waals surface area contributed by atoms with Crippen LogP contribution in [0.2, 0.25) is 0 Å². The smallest absolute Gasteiger partial charge is 0.320 e. The van der Waals surface area contributed by atoms with Gasteiger partial charge in [-0.1, -0.05) is 11.6 Å². The molecule has 0 aromatic carbocycles. The van der Waals surface area contributed by atoms with E-state index in [9.17, 15) is 4.79 Å². The maximum Gasteiger partial charge on any atom is 0.320 e. The zero-order valence-corrected chi connectivity index (χ0v) is 9.40. The van der Waals surface area contributed by atoms with Gasteiger partial charge in [0.25, 0.3) is 0 Å². The molecular weight excluding hydrogens is 194 g/mol. The van der Waals surface area contributed by atoms with E-state index in [1.807, 2.05) is 13.8 Å². The van der Waals surface area contributed by atoms with Crippen LogP contribution in [0.5, 0.6) is 0 Å². The molecule has 5 heteroatoms. The number of carboxylic acid groups (broad SMARTS) is 1. The summed E-state index contributed by atoms with van der Waals surface area (Å²) in [5.74, 6) is -0.483. The Bertz CT molecular complexity index is 280. The van der Waals surface area contributed by atoms with Gasteiger partial charge in [-0.05, 0) is 27.2 Å². The number of aliphatic carboxylic acids is 1. The third-order valence-electron chi connectivity index (χ3n) is 2.07. The molecule has 0 bridgehead atoms. The fourth-order valence-electron chi connectivity index (χ4n) is 0.992. The predicted molar refractivity (Wildman–Crippen MR) is 60.7 cm³/mol. The van der Waals surface area contributed by atoms with E-state index in [1.54, 1.807) is 13.0 Å². The first-order valence-corrected chi connectivity index (χ1v) is 4.79. The van der Waals surface area contributed by atoms with Crippen molar-refractivity contribution in [2.45, 2.75) is 39.3 Å². The molecule has 0 radical (unpaired) electrons. The van der Waals surface area contributed by atoms with Gasteiger partial charge in [-0.15, -0.1) is 0 Å². The highest BCUT2D eigenvalue weighted by Gasteiger charge is 2.10. The van der Waals surface area contributed by atoms with Crippen LogP contribution < -0.4 is 11.5 Å². The molecule has 0 saturated carbocycles. The summed E-state index contributed by atoms with van der Waals surface area (Å²) in [5, 5.41) is 8.58. The van der Waals surface area contributed by atoms with Crippen LogP contribution >= 0.6 is 0 Å². The second-order valence-electron chi connectivity index (χ2n) is 3.58. The van der Waals surface area contributed by atoms with Gasteiger partial charge in [0.2, 0.25) is 0 Å². The fraction of sp³-hybridized carbons (Fsp3) is 0.600. The van der Waals surface area contributed by atoms with Crippen molar-refractivity contribution in [3.63, 3.8) is 0 Å². The van der Waals surface area contributed by atoms with Crippen molar-refractivity contribution in [1.82, 2.24) is 0 Å². The predicted octanol–water partition coefficient (Wildman–Crippen LogP) is 0.500. The summed E-state index contributed by atoms with van der Waals surface area (Å²) >= 11 is 0. The Hall–Kier alpha value is -1.36. The minimum atomic E-state index is -0.995. The van der Waals surface area contributed by atoms with E-state index in [4.69, 9.17) is 16.6 Å². The van der Waals surface area contributed by atoms with Gasteiger partial charge >= 0.3 is 5.97 Å². The van der Waals surface area contributed by atoms with Crippen LogP contribution in [0.15, 0.2) is 16.6 Å².